The first-order chi connectivity index (χ1) is 12.4. The molecule has 3 aromatic rings. The van der Waals surface area contributed by atoms with Crippen molar-refractivity contribution in [2.45, 2.75) is 33.8 Å². The zero-order valence-corrected chi connectivity index (χ0v) is 15.1. The van der Waals surface area contributed by atoms with Crippen molar-refractivity contribution in [3.63, 3.8) is 0 Å². The molecule has 0 saturated carbocycles. The maximum absolute atomic E-state index is 13.0. The van der Waals surface area contributed by atoms with E-state index >= 15 is 0 Å². The summed E-state index contributed by atoms with van der Waals surface area (Å²) in [5, 5.41) is 0.384. The summed E-state index contributed by atoms with van der Waals surface area (Å²) in [5.41, 5.74) is 2.03. The van der Waals surface area contributed by atoms with Crippen LogP contribution in [0.1, 0.15) is 25.0 Å². The molecule has 136 valence electrons. The summed E-state index contributed by atoms with van der Waals surface area (Å²) in [6.07, 6.45) is 0.508. The van der Waals surface area contributed by atoms with Crippen molar-refractivity contribution < 1.29 is 23.1 Å². The number of esters is 1. The lowest BCUT2D eigenvalue weighted by Crippen LogP contribution is -2.28. The van der Waals surface area contributed by atoms with Gasteiger partial charge in [-0.25, -0.2) is 4.79 Å². The van der Waals surface area contributed by atoms with Gasteiger partial charge in [0.1, 0.15) is 5.58 Å². The fourth-order valence-electron chi connectivity index (χ4n) is 2.59. The van der Waals surface area contributed by atoms with Gasteiger partial charge < -0.3 is 18.3 Å². The summed E-state index contributed by atoms with van der Waals surface area (Å²) >= 11 is 0. The maximum atomic E-state index is 13.0. The number of aryl methyl sites for hydroxylation is 2. The fraction of sp³-hybridized carbons (Fsp3) is 0.300. The lowest BCUT2D eigenvalue weighted by atomic mass is 10.1. The molecule has 1 unspecified atom stereocenters. The van der Waals surface area contributed by atoms with E-state index in [2.05, 4.69) is 0 Å². The molecule has 2 heterocycles. The third-order valence-corrected chi connectivity index (χ3v) is 4.12. The molecule has 0 amide bonds. The number of benzene rings is 1. The van der Waals surface area contributed by atoms with Crippen LogP contribution in [0.4, 0.5) is 0 Å². The minimum atomic E-state index is -0.962. The Hall–Kier alpha value is -3.02. The molecule has 0 bridgehead atoms. The van der Waals surface area contributed by atoms with Crippen molar-refractivity contribution >= 4 is 16.9 Å². The van der Waals surface area contributed by atoms with Gasteiger partial charge in [-0.3, -0.25) is 4.79 Å². The fourth-order valence-corrected chi connectivity index (χ4v) is 2.59. The third kappa shape index (κ3) is 3.22. The van der Waals surface area contributed by atoms with E-state index in [0.717, 1.165) is 11.1 Å². The molecule has 0 spiro atoms. The molecule has 0 saturated heterocycles. The Bertz CT molecular complexity index is 997. The summed E-state index contributed by atoms with van der Waals surface area (Å²) in [6, 6.07) is 6.90. The second kappa shape index (κ2) is 7.07. The molecule has 0 radical (unpaired) electrons. The Balaban J connectivity index is 2.20. The Kier molecular flexibility index (Phi) is 4.84. The van der Waals surface area contributed by atoms with Crippen LogP contribution in [0, 0.1) is 13.8 Å². The first-order valence-electron chi connectivity index (χ1n) is 8.37. The van der Waals surface area contributed by atoms with Gasteiger partial charge in [-0.1, -0.05) is 0 Å². The molecule has 1 aromatic carbocycles. The van der Waals surface area contributed by atoms with Crippen LogP contribution < -0.4 is 10.2 Å². The van der Waals surface area contributed by atoms with Crippen LogP contribution in [-0.2, 0) is 9.53 Å². The number of furan rings is 1. The van der Waals surface area contributed by atoms with Crippen LogP contribution in [0.15, 0.2) is 44.2 Å². The van der Waals surface area contributed by atoms with Gasteiger partial charge in [0.2, 0.25) is 16.9 Å². The van der Waals surface area contributed by atoms with Crippen molar-refractivity contribution in [1.29, 1.82) is 0 Å². The van der Waals surface area contributed by atoms with E-state index in [1.807, 2.05) is 13.8 Å². The number of carbonyl (C=O) groups excluding carboxylic acids is 1. The number of fused-ring (bicyclic) bond motifs is 1. The Morgan fingerprint density at radius 2 is 1.96 bits per heavy atom. The minimum absolute atomic E-state index is 0.0729. The molecule has 1 atom stereocenters. The molecule has 3 rings (SSSR count). The zero-order chi connectivity index (χ0) is 18.8. The molecule has 0 N–H and O–H groups in total. The summed E-state index contributed by atoms with van der Waals surface area (Å²) in [4.78, 5) is 25.0. The van der Waals surface area contributed by atoms with Crippen LogP contribution in [0.2, 0.25) is 0 Å². The van der Waals surface area contributed by atoms with Crippen molar-refractivity contribution in [1.82, 2.24) is 0 Å². The number of hydrogen-bond acceptors (Lipinski definition) is 6. The van der Waals surface area contributed by atoms with Crippen LogP contribution >= 0.6 is 0 Å². The van der Waals surface area contributed by atoms with Crippen molar-refractivity contribution in [3.8, 4) is 17.3 Å². The van der Waals surface area contributed by atoms with Gasteiger partial charge in [0.15, 0.2) is 11.9 Å². The molecule has 0 aliphatic carbocycles. The number of hydrogen-bond donors (Lipinski definition) is 0. The van der Waals surface area contributed by atoms with E-state index in [0.29, 0.717) is 16.7 Å². The second-order valence-electron chi connectivity index (χ2n) is 6.01. The molecule has 0 aliphatic rings. The van der Waals surface area contributed by atoms with E-state index in [-0.39, 0.29) is 23.5 Å². The Morgan fingerprint density at radius 3 is 2.62 bits per heavy atom. The normalized spacial score (nSPS) is 12.2. The Labute approximate surface area is 150 Å². The largest absolute Gasteiger partial charge is 0.471 e. The van der Waals surface area contributed by atoms with Crippen molar-refractivity contribution in [3.05, 3.63) is 51.9 Å². The summed E-state index contributed by atoms with van der Waals surface area (Å²) in [7, 11) is 0. The van der Waals surface area contributed by atoms with Gasteiger partial charge in [0.05, 0.1) is 18.3 Å². The molecule has 2 aromatic heterocycles. The van der Waals surface area contributed by atoms with Gasteiger partial charge in [-0.15, -0.1) is 0 Å². The standard InChI is InChI=1S/C20H20O6/c1-5-23-20(22)13(4)25-19-17(21)14-9-11(2)12(3)10-16(14)26-18(19)15-7-6-8-24-15/h6-10,13H,5H2,1-4H3. The van der Waals surface area contributed by atoms with Gasteiger partial charge in [0.25, 0.3) is 0 Å². The van der Waals surface area contributed by atoms with Gasteiger partial charge in [-0.05, 0) is 63.1 Å². The van der Waals surface area contributed by atoms with E-state index in [1.54, 1.807) is 31.2 Å². The van der Waals surface area contributed by atoms with Crippen LogP contribution in [0.25, 0.3) is 22.5 Å². The molecular weight excluding hydrogens is 336 g/mol. The molecule has 0 fully saturated rings. The van der Waals surface area contributed by atoms with E-state index < -0.39 is 12.1 Å². The second-order valence-corrected chi connectivity index (χ2v) is 6.01. The van der Waals surface area contributed by atoms with Crippen LogP contribution in [0.5, 0.6) is 5.75 Å². The maximum Gasteiger partial charge on any atom is 0.347 e. The first-order valence-corrected chi connectivity index (χ1v) is 8.37. The SMILES string of the molecule is CCOC(=O)C(C)Oc1c(-c2ccco2)oc2cc(C)c(C)cc2c1=O. The Morgan fingerprint density at radius 1 is 1.23 bits per heavy atom. The zero-order valence-electron chi connectivity index (χ0n) is 15.1. The molecule has 26 heavy (non-hydrogen) atoms. The van der Waals surface area contributed by atoms with Crippen LogP contribution in [-0.4, -0.2) is 18.7 Å². The molecule has 6 nitrogen and oxygen atoms in total. The number of carbonyl (C=O) groups is 1. The highest BCUT2D eigenvalue weighted by molar-refractivity contribution is 5.83. The third-order valence-electron chi connectivity index (χ3n) is 4.12. The lowest BCUT2D eigenvalue weighted by molar-refractivity contribution is -0.150. The van der Waals surface area contributed by atoms with Gasteiger partial charge in [0, 0.05) is 0 Å². The molecular formula is C20H20O6. The monoisotopic (exact) mass is 356 g/mol. The van der Waals surface area contributed by atoms with Crippen LogP contribution in [0.3, 0.4) is 0 Å². The number of rotatable bonds is 5. The average Bonchev–Trinajstić information content (AvgIpc) is 3.13. The lowest BCUT2D eigenvalue weighted by Gasteiger charge is -2.15. The topological polar surface area (TPSA) is 78.9 Å². The van der Waals surface area contributed by atoms with Gasteiger partial charge in [-0.2, -0.15) is 0 Å². The number of ether oxygens (including phenoxy) is 2. The van der Waals surface area contributed by atoms with Gasteiger partial charge >= 0.3 is 5.97 Å². The van der Waals surface area contributed by atoms with Crippen molar-refractivity contribution in [2.75, 3.05) is 6.61 Å². The highest BCUT2D eigenvalue weighted by Crippen LogP contribution is 2.32. The smallest absolute Gasteiger partial charge is 0.347 e. The summed E-state index contributed by atoms with van der Waals surface area (Å²) < 4.78 is 21.9. The van der Waals surface area contributed by atoms with Crippen molar-refractivity contribution in [2.24, 2.45) is 0 Å². The highest BCUT2D eigenvalue weighted by Gasteiger charge is 2.25. The summed E-state index contributed by atoms with van der Waals surface area (Å²) in [6.45, 7) is 7.30. The van der Waals surface area contributed by atoms with E-state index in [1.165, 1.54) is 13.2 Å². The predicted molar refractivity (Wildman–Crippen MR) is 96.4 cm³/mol. The predicted octanol–water partition coefficient (Wildman–Crippen LogP) is 4.00. The molecule has 6 heteroatoms. The summed E-state index contributed by atoms with van der Waals surface area (Å²) in [5.74, 6) is -0.145. The highest BCUT2D eigenvalue weighted by atomic mass is 16.6. The average molecular weight is 356 g/mol. The minimum Gasteiger partial charge on any atom is -0.471 e. The first kappa shape index (κ1) is 17.8. The van der Waals surface area contributed by atoms with E-state index in [4.69, 9.17) is 18.3 Å². The van der Waals surface area contributed by atoms with E-state index in [9.17, 15) is 9.59 Å². The molecule has 0 aliphatic heterocycles. The quantitative estimate of drug-likeness (QED) is 0.643.